The number of anilines is 1. The predicted octanol–water partition coefficient (Wildman–Crippen LogP) is 2.22. The zero-order valence-electron chi connectivity index (χ0n) is 14.9. The third kappa shape index (κ3) is 4.09. The van der Waals surface area contributed by atoms with Gasteiger partial charge in [0.1, 0.15) is 12.0 Å². The highest BCUT2D eigenvalue weighted by Gasteiger charge is 2.39. The van der Waals surface area contributed by atoms with Gasteiger partial charge in [-0.2, -0.15) is 5.26 Å². The number of likely N-dealkylation sites (N-methyl/N-ethyl adjacent to an activating group) is 1. The number of nitrogens with zero attached hydrogens (tertiary/aromatic N) is 3. The summed E-state index contributed by atoms with van der Waals surface area (Å²) < 4.78 is 5.42. The molecule has 1 aromatic carbocycles. The van der Waals surface area contributed by atoms with Crippen molar-refractivity contribution >= 4 is 17.7 Å². The fourth-order valence-corrected chi connectivity index (χ4v) is 2.88. The van der Waals surface area contributed by atoms with Gasteiger partial charge < -0.3 is 14.7 Å². The van der Waals surface area contributed by atoms with E-state index in [1.165, 1.54) is 9.80 Å². The molecule has 0 saturated heterocycles. The van der Waals surface area contributed by atoms with Crippen LogP contribution in [0.4, 0.5) is 10.5 Å². The van der Waals surface area contributed by atoms with Gasteiger partial charge in [-0.15, -0.1) is 0 Å². The van der Waals surface area contributed by atoms with Gasteiger partial charge in [-0.25, -0.2) is 4.79 Å². The van der Waals surface area contributed by atoms with E-state index in [0.717, 1.165) is 0 Å². The van der Waals surface area contributed by atoms with Gasteiger partial charge in [-0.1, -0.05) is 18.2 Å². The van der Waals surface area contributed by atoms with Crippen LogP contribution >= 0.6 is 0 Å². The summed E-state index contributed by atoms with van der Waals surface area (Å²) in [5.74, 6) is -0.382. The van der Waals surface area contributed by atoms with E-state index in [-0.39, 0.29) is 18.9 Å². The van der Waals surface area contributed by atoms with Crippen LogP contribution in [0.3, 0.4) is 0 Å². The molecule has 0 saturated carbocycles. The lowest BCUT2D eigenvalue weighted by molar-refractivity contribution is -0.133. The number of amides is 2. The Morgan fingerprint density at radius 2 is 2.04 bits per heavy atom. The van der Waals surface area contributed by atoms with Crippen LogP contribution in [0.5, 0.6) is 0 Å². The van der Waals surface area contributed by atoms with Crippen molar-refractivity contribution < 1.29 is 19.4 Å². The number of aliphatic hydroxyl groups is 1. The topological polar surface area (TPSA) is 93.9 Å². The molecule has 25 heavy (non-hydrogen) atoms. The number of hydrogen-bond donors (Lipinski definition) is 1. The summed E-state index contributed by atoms with van der Waals surface area (Å²) in [6, 6.07) is 8.26. The summed E-state index contributed by atoms with van der Waals surface area (Å²) in [6.45, 7) is 5.32. The van der Waals surface area contributed by atoms with E-state index in [2.05, 4.69) is 0 Å². The second kappa shape index (κ2) is 7.11. The fraction of sp³-hybridized carbons (Fsp3) is 0.500. The molecular weight excluding hydrogens is 322 g/mol. The number of β-amino-alcohol motifs (C(OH)–C–C–N with tert-alkyl or cyclic N) is 1. The molecule has 0 aromatic heterocycles. The van der Waals surface area contributed by atoms with Crippen LogP contribution < -0.4 is 4.90 Å². The Morgan fingerprint density at radius 1 is 1.40 bits per heavy atom. The third-order valence-corrected chi connectivity index (χ3v) is 3.94. The molecule has 1 N–H and O–H groups in total. The first-order valence-electron chi connectivity index (χ1n) is 8.06. The minimum absolute atomic E-state index is 0.000761. The predicted molar refractivity (Wildman–Crippen MR) is 91.8 cm³/mol. The molecule has 1 aliphatic rings. The van der Waals surface area contributed by atoms with Crippen LogP contribution in [0.25, 0.3) is 0 Å². The van der Waals surface area contributed by atoms with Crippen LogP contribution in [0, 0.1) is 11.3 Å². The van der Waals surface area contributed by atoms with E-state index >= 15 is 0 Å². The zero-order chi connectivity index (χ0) is 18.8. The standard InChI is InChI=1S/C18H23N3O4/c1-18(2,3)25-17(24)21-11-14(22)16(20(4)15(23)9-10-19)12-7-5-6-8-13(12)21/h5-8,14,16,22H,9,11H2,1-4H3/t14-,16-/m0/s1. The Balaban J connectivity index is 2.38. The lowest BCUT2D eigenvalue weighted by atomic mass is 9.93. The van der Waals surface area contributed by atoms with Crippen molar-refractivity contribution in [2.45, 2.75) is 44.9 Å². The van der Waals surface area contributed by atoms with Crippen molar-refractivity contribution in [3.8, 4) is 6.07 Å². The zero-order valence-corrected chi connectivity index (χ0v) is 14.9. The number of benzene rings is 1. The third-order valence-electron chi connectivity index (χ3n) is 3.94. The number of fused-ring (bicyclic) bond motifs is 1. The van der Waals surface area contributed by atoms with Crippen molar-refractivity contribution in [2.75, 3.05) is 18.5 Å². The number of para-hydroxylation sites is 1. The van der Waals surface area contributed by atoms with Crippen molar-refractivity contribution in [3.63, 3.8) is 0 Å². The Hall–Kier alpha value is -2.59. The van der Waals surface area contributed by atoms with Crippen LogP contribution in [-0.4, -0.2) is 47.3 Å². The molecule has 7 heteroatoms. The summed E-state index contributed by atoms with van der Waals surface area (Å²) in [5.41, 5.74) is 0.567. The quantitative estimate of drug-likeness (QED) is 0.887. The van der Waals surface area contributed by atoms with E-state index in [1.807, 2.05) is 6.07 Å². The van der Waals surface area contributed by atoms with Crippen molar-refractivity contribution in [3.05, 3.63) is 29.8 Å². The molecular formula is C18H23N3O4. The van der Waals surface area contributed by atoms with Gasteiger partial charge in [0.25, 0.3) is 0 Å². The second-order valence-electron chi connectivity index (χ2n) is 7.00. The smallest absolute Gasteiger partial charge is 0.414 e. The molecule has 2 amide bonds. The highest BCUT2D eigenvalue weighted by Crippen LogP contribution is 2.37. The molecule has 0 unspecified atom stereocenters. The molecule has 1 heterocycles. The molecule has 0 spiro atoms. The number of ether oxygens (including phenoxy) is 1. The van der Waals surface area contributed by atoms with Gasteiger partial charge in [0.15, 0.2) is 0 Å². The van der Waals surface area contributed by atoms with Crippen LogP contribution in [-0.2, 0) is 9.53 Å². The molecule has 2 atom stereocenters. The first kappa shape index (κ1) is 18.7. The number of nitriles is 1. The summed E-state index contributed by atoms with van der Waals surface area (Å²) in [4.78, 5) is 27.3. The minimum Gasteiger partial charge on any atom is -0.443 e. The maximum absolute atomic E-state index is 12.5. The fourth-order valence-electron chi connectivity index (χ4n) is 2.88. The molecule has 1 aliphatic heterocycles. The average Bonchev–Trinajstić information content (AvgIpc) is 2.52. The molecule has 0 fully saturated rings. The molecule has 0 aliphatic carbocycles. The van der Waals surface area contributed by atoms with Gasteiger partial charge in [-0.05, 0) is 26.8 Å². The van der Waals surface area contributed by atoms with Crippen LogP contribution in [0.1, 0.15) is 38.8 Å². The first-order valence-corrected chi connectivity index (χ1v) is 8.06. The maximum Gasteiger partial charge on any atom is 0.414 e. The van der Waals surface area contributed by atoms with Crippen LogP contribution in [0.2, 0.25) is 0 Å². The summed E-state index contributed by atoms with van der Waals surface area (Å²) >= 11 is 0. The van der Waals surface area contributed by atoms with Gasteiger partial charge in [0.2, 0.25) is 5.91 Å². The second-order valence-corrected chi connectivity index (χ2v) is 7.00. The number of carbonyl (C=O) groups is 2. The monoisotopic (exact) mass is 345 g/mol. The van der Waals surface area contributed by atoms with E-state index in [9.17, 15) is 14.7 Å². The van der Waals surface area contributed by atoms with Crippen molar-refractivity contribution in [1.82, 2.24) is 4.90 Å². The summed E-state index contributed by atoms with van der Waals surface area (Å²) in [7, 11) is 1.55. The Labute approximate surface area is 147 Å². The SMILES string of the molecule is CN(C(=O)CC#N)[C@H]1c2ccccc2N(C(=O)OC(C)(C)C)C[C@@H]1O. The number of hydrogen-bond acceptors (Lipinski definition) is 5. The highest BCUT2D eigenvalue weighted by molar-refractivity contribution is 5.90. The average molecular weight is 345 g/mol. The van der Waals surface area contributed by atoms with Crippen LogP contribution in [0.15, 0.2) is 24.3 Å². The summed E-state index contributed by atoms with van der Waals surface area (Å²) in [6.07, 6.45) is -1.81. The minimum atomic E-state index is -0.991. The van der Waals surface area contributed by atoms with Gasteiger partial charge in [0.05, 0.1) is 30.4 Å². The molecule has 134 valence electrons. The summed E-state index contributed by atoms with van der Waals surface area (Å²) in [5, 5.41) is 19.3. The van der Waals surface area contributed by atoms with Gasteiger partial charge >= 0.3 is 6.09 Å². The molecule has 0 radical (unpaired) electrons. The van der Waals surface area contributed by atoms with Gasteiger partial charge in [0, 0.05) is 12.6 Å². The maximum atomic E-state index is 12.5. The van der Waals surface area contributed by atoms with E-state index in [4.69, 9.17) is 10.00 Å². The van der Waals surface area contributed by atoms with E-state index < -0.39 is 23.8 Å². The first-order chi connectivity index (χ1) is 11.7. The van der Waals surface area contributed by atoms with Crippen molar-refractivity contribution in [2.24, 2.45) is 0 Å². The lowest BCUT2D eigenvalue weighted by Gasteiger charge is -2.41. The molecule has 0 bridgehead atoms. The Bertz CT molecular complexity index is 705. The van der Waals surface area contributed by atoms with Crippen molar-refractivity contribution in [1.29, 1.82) is 5.26 Å². The highest BCUT2D eigenvalue weighted by atomic mass is 16.6. The molecule has 7 nitrogen and oxygen atoms in total. The van der Waals surface area contributed by atoms with E-state index in [1.54, 1.807) is 52.1 Å². The Kier molecular flexibility index (Phi) is 5.33. The largest absolute Gasteiger partial charge is 0.443 e. The number of aliphatic hydroxyl groups excluding tert-OH is 1. The number of rotatable bonds is 2. The molecule has 2 rings (SSSR count). The normalized spacial score (nSPS) is 19.6. The van der Waals surface area contributed by atoms with E-state index in [0.29, 0.717) is 11.3 Å². The van der Waals surface area contributed by atoms with Gasteiger partial charge in [-0.3, -0.25) is 9.69 Å². The lowest BCUT2D eigenvalue weighted by Crippen LogP contribution is -2.50. The number of carbonyl (C=O) groups excluding carboxylic acids is 2. The Morgan fingerprint density at radius 3 is 2.64 bits per heavy atom. The molecule has 1 aromatic rings.